The zero-order valence-corrected chi connectivity index (χ0v) is 11.9. The fourth-order valence-corrected chi connectivity index (χ4v) is 3.79. The molecule has 0 aromatic carbocycles. The molecule has 2 nitrogen and oxygen atoms in total. The van der Waals surface area contributed by atoms with Crippen LogP contribution in [0.2, 0.25) is 0 Å². The molecule has 3 heteroatoms. The van der Waals surface area contributed by atoms with Crippen LogP contribution in [-0.2, 0) is 6.42 Å². The highest BCUT2D eigenvalue weighted by molar-refractivity contribution is 7.11. The van der Waals surface area contributed by atoms with Crippen LogP contribution in [0, 0.1) is 25.7 Å². The second kappa shape index (κ2) is 5.49. The summed E-state index contributed by atoms with van der Waals surface area (Å²) in [6.45, 7) is 6.41. The normalized spacial score (nSPS) is 26.4. The summed E-state index contributed by atoms with van der Waals surface area (Å²) in [5.74, 6) is 1.35. The molecule has 2 rings (SSSR count). The average Bonchev–Trinajstić information content (AvgIpc) is 2.87. The molecule has 3 atom stereocenters. The maximum absolute atomic E-state index is 10.3. The number of aliphatic hydroxyl groups is 1. The van der Waals surface area contributed by atoms with Crippen LogP contribution >= 0.6 is 11.3 Å². The van der Waals surface area contributed by atoms with Crippen LogP contribution in [0.1, 0.15) is 48.2 Å². The quantitative estimate of drug-likeness (QED) is 0.891. The first kappa shape index (κ1) is 13.0. The van der Waals surface area contributed by atoms with Crippen molar-refractivity contribution < 1.29 is 5.11 Å². The predicted molar refractivity (Wildman–Crippen MR) is 72.4 cm³/mol. The second-order valence-corrected chi connectivity index (χ2v) is 6.66. The van der Waals surface area contributed by atoms with Gasteiger partial charge in [-0.05, 0) is 38.5 Å². The van der Waals surface area contributed by atoms with Gasteiger partial charge in [0.15, 0.2) is 0 Å². The molecular formula is C14H23NOS. The van der Waals surface area contributed by atoms with E-state index in [9.17, 15) is 5.11 Å². The molecule has 0 radical (unpaired) electrons. The molecule has 0 aliphatic heterocycles. The Morgan fingerprint density at radius 3 is 2.71 bits per heavy atom. The summed E-state index contributed by atoms with van der Waals surface area (Å²) in [6, 6.07) is 0. The average molecular weight is 253 g/mol. The lowest BCUT2D eigenvalue weighted by molar-refractivity contribution is 0.108. The molecule has 0 spiro atoms. The monoisotopic (exact) mass is 253 g/mol. The Morgan fingerprint density at radius 1 is 1.41 bits per heavy atom. The van der Waals surface area contributed by atoms with E-state index in [0.29, 0.717) is 5.92 Å². The Labute approximate surface area is 108 Å². The summed E-state index contributed by atoms with van der Waals surface area (Å²) in [5.41, 5.74) is 1.12. The number of aliphatic hydroxyl groups excluding tert-OH is 1. The molecule has 1 aromatic rings. The highest BCUT2D eigenvalue weighted by Gasteiger charge is 2.29. The van der Waals surface area contributed by atoms with Gasteiger partial charge in [-0.15, -0.1) is 11.3 Å². The molecule has 0 amide bonds. The lowest BCUT2D eigenvalue weighted by Crippen LogP contribution is -2.20. The smallest absolute Gasteiger partial charge is 0.0956 e. The van der Waals surface area contributed by atoms with E-state index in [2.05, 4.69) is 18.8 Å². The summed E-state index contributed by atoms with van der Waals surface area (Å²) in [4.78, 5) is 5.80. The Morgan fingerprint density at radius 2 is 2.18 bits per heavy atom. The van der Waals surface area contributed by atoms with Crippen molar-refractivity contribution in [1.29, 1.82) is 0 Å². The van der Waals surface area contributed by atoms with Gasteiger partial charge in [0.1, 0.15) is 0 Å². The van der Waals surface area contributed by atoms with Crippen LogP contribution in [0.4, 0.5) is 0 Å². The molecule has 0 saturated heterocycles. The van der Waals surface area contributed by atoms with Gasteiger partial charge >= 0.3 is 0 Å². The van der Waals surface area contributed by atoms with Crippen molar-refractivity contribution in [2.24, 2.45) is 11.8 Å². The molecule has 1 heterocycles. The Balaban J connectivity index is 1.91. The summed E-state index contributed by atoms with van der Waals surface area (Å²) >= 11 is 1.74. The summed E-state index contributed by atoms with van der Waals surface area (Å²) in [6.07, 6.45) is 5.54. The molecular weight excluding hydrogens is 230 g/mol. The highest BCUT2D eigenvalue weighted by atomic mass is 32.1. The topological polar surface area (TPSA) is 33.1 Å². The minimum Gasteiger partial charge on any atom is -0.392 e. The fraction of sp³-hybridized carbons (Fsp3) is 0.786. The number of thiazole rings is 1. The van der Waals surface area contributed by atoms with Gasteiger partial charge in [-0.2, -0.15) is 0 Å². The van der Waals surface area contributed by atoms with Crippen molar-refractivity contribution in [3.63, 3.8) is 0 Å². The van der Waals surface area contributed by atoms with E-state index >= 15 is 0 Å². The zero-order chi connectivity index (χ0) is 12.4. The first-order chi connectivity index (χ1) is 8.10. The number of aromatic nitrogens is 1. The van der Waals surface area contributed by atoms with Crippen LogP contribution in [0.5, 0.6) is 0 Å². The van der Waals surface area contributed by atoms with Crippen LogP contribution in [0.3, 0.4) is 0 Å². The molecule has 1 aromatic heterocycles. The van der Waals surface area contributed by atoms with Crippen LogP contribution in [0.15, 0.2) is 0 Å². The molecule has 17 heavy (non-hydrogen) atoms. The van der Waals surface area contributed by atoms with Crippen molar-refractivity contribution in [2.75, 3.05) is 0 Å². The summed E-state index contributed by atoms with van der Waals surface area (Å²) in [5, 5.41) is 11.4. The van der Waals surface area contributed by atoms with E-state index in [1.54, 1.807) is 11.3 Å². The van der Waals surface area contributed by atoms with Crippen molar-refractivity contribution >= 4 is 11.3 Å². The van der Waals surface area contributed by atoms with Gasteiger partial charge in [-0.25, -0.2) is 4.98 Å². The van der Waals surface area contributed by atoms with E-state index in [1.807, 2.05) is 6.92 Å². The Kier molecular flexibility index (Phi) is 4.21. The summed E-state index contributed by atoms with van der Waals surface area (Å²) in [7, 11) is 0. The molecule has 1 fully saturated rings. The van der Waals surface area contributed by atoms with Gasteiger partial charge in [0.05, 0.1) is 16.8 Å². The minimum absolute atomic E-state index is 0.184. The van der Waals surface area contributed by atoms with Crippen molar-refractivity contribution in [1.82, 2.24) is 4.98 Å². The van der Waals surface area contributed by atoms with Gasteiger partial charge in [-0.1, -0.05) is 19.8 Å². The molecule has 96 valence electrons. The molecule has 1 saturated carbocycles. The highest BCUT2D eigenvalue weighted by Crippen LogP contribution is 2.36. The minimum atomic E-state index is -0.184. The van der Waals surface area contributed by atoms with Crippen LogP contribution in [-0.4, -0.2) is 16.2 Å². The van der Waals surface area contributed by atoms with Gasteiger partial charge in [0, 0.05) is 11.3 Å². The van der Waals surface area contributed by atoms with E-state index in [4.69, 9.17) is 0 Å². The maximum Gasteiger partial charge on any atom is 0.0956 e. The number of hydrogen-bond acceptors (Lipinski definition) is 3. The third-order valence-corrected chi connectivity index (χ3v) is 5.26. The van der Waals surface area contributed by atoms with Crippen LogP contribution in [0.25, 0.3) is 0 Å². The van der Waals surface area contributed by atoms with Crippen molar-refractivity contribution in [2.45, 2.75) is 59.0 Å². The number of rotatable bonds is 4. The second-order valence-electron chi connectivity index (χ2n) is 5.37. The third-order valence-electron chi connectivity index (χ3n) is 4.16. The molecule has 1 aliphatic rings. The lowest BCUT2D eigenvalue weighted by atomic mass is 9.96. The number of aryl methyl sites for hydroxylation is 2. The Bertz CT molecular complexity index is 355. The SMILES string of the molecule is CCC1CCC(C(O)Cc2nc(C)c(C)s2)C1. The van der Waals surface area contributed by atoms with Crippen molar-refractivity contribution in [3.05, 3.63) is 15.6 Å². The zero-order valence-electron chi connectivity index (χ0n) is 11.1. The van der Waals surface area contributed by atoms with Crippen molar-refractivity contribution in [3.8, 4) is 0 Å². The maximum atomic E-state index is 10.3. The first-order valence-electron chi connectivity index (χ1n) is 6.71. The molecule has 1 N–H and O–H groups in total. The van der Waals surface area contributed by atoms with E-state index < -0.39 is 0 Å². The van der Waals surface area contributed by atoms with Gasteiger partial charge in [0.25, 0.3) is 0 Å². The van der Waals surface area contributed by atoms with Gasteiger partial charge in [-0.3, -0.25) is 0 Å². The molecule has 3 unspecified atom stereocenters. The van der Waals surface area contributed by atoms with Gasteiger partial charge in [0.2, 0.25) is 0 Å². The standard InChI is InChI=1S/C14H23NOS/c1-4-11-5-6-12(7-11)13(16)8-14-15-9(2)10(3)17-14/h11-13,16H,4-8H2,1-3H3. The van der Waals surface area contributed by atoms with Gasteiger partial charge < -0.3 is 5.11 Å². The van der Waals surface area contributed by atoms with E-state index in [1.165, 1.54) is 30.6 Å². The predicted octanol–water partition coefficient (Wildman–Crippen LogP) is 3.49. The molecule has 1 aliphatic carbocycles. The third kappa shape index (κ3) is 3.08. The molecule has 0 bridgehead atoms. The largest absolute Gasteiger partial charge is 0.392 e. The fourth-order valence-electron chi connectivity index (χ4n) is 2.81. The van der Waals surface area contributed by atoms with E-state index in [-0.39, 0.29) is 6.10 Å². The summed E-state index contributed by atoms with van der Waals surface area (Å²) < 4.78 is 0. The number of hydrogen-bond donors (Lipinski definition) is 1. The first-order valence-corrected chi connectivity index (χ1v) is 7.52. The van der Waals surface area contributed by atoms with E-state index in [0.717, 1.165) is 23.0 Å². The number of nitrogens with zero attached hydrogens (tertiary/aromatic N) is 1. The lowest BCUT2D eigenvalue weighted by Gasteiger charge is -2.16. The Hall–Kier alpha value is -0.410. The van der Waals surface area contributed by atoms with Crippen LogP contribution < -0.4 is 0 Å².